The molecule has 0 aliphatic rings. The molecule has 1 amide bonds. The Hall–Kier alpha value is -2.13. The lowest BCUT2D eigenvalue weighted by atomic mass is 10.1. The number of carbonyl (C=O) groups is 1. The van der Waals surface area contributed by atoms with Gasteiger partial charge in [0, 0.05) is 25.7 Å². The van der Waals surface area contributed by atoms with Gasteiger partial charge in [-0.2, -0.15) is 0 Å². The van der Waals surface area contributed by atoms with Crippen molar-refractivity contribution in [1.82, 2.24) is 4.90 Å². The predicted molar refractivity (Wildman–Crippen MR) is 76.6 cm³/mol. The van der Waals surface area contributed by atoms with Crippen molar-refractivity contribution in [3.05, 3.63) is 71.3 Å². The number of rotatable bonds is 4. The fourth-order valence-corrected chi connectivity index (χ4v) is 1.93. The summed E-state index contributed by atoms with van der Waals surface area (Å²) in [5, 5.41) is 0. The van der Waals surface area contributed by atoms with Crippen molar-refractivity contribution in [2.24, 2.45) is 5.73 Å². The van der Waals surface area contributed by atoms with Crippen LogP contribution in [0.1, 0.15) is 21.5 Å². The lowest BCUT2D eigenvalue weighted by molar-refractivity contribution is 0.0785. The van der Waals surface area contributed by atoms with Crippen LogP contribution in [0.5, 0.6) is 0 Å². The van der Waals surface area contributed by atoms with Crippen LogP contribution in [0, 0.1) is 0 Å². The molecule has 0 radical (unpaired) electrons. The molecule has 0 atom stereocenters. The van der Waals surface area contributed by atoms with Crippen LogP contribution in [0.3, 0.4) is 0 Å². The van der Waals surface area contributed by atoms with Gasteiger partial charge in [0.1, 0.15) is 0 Å². The Kier molecular flexibility index (Phi) is 4.31. The van der Waals surface area contributed by atoms with E-state index in [0.717, 1.165) is 11.1 Å². The van der Waals surface area contributed by atoms with E-state index >= 15 is 0 Å². The molecule has 0 unspecified atom stereocenters. The Bertz CT molecular complexity index is 534. The van der Waals surface area contributed by atoms with Crippen LogP contribution < -0.4 is 5.73 Å². The number of nitrogens with two attached hydrogens (primary N) is 1. The largest absolute Gasteiger partial charge is 0.337 e. The Morgan fingerprint density at radius 3 is 2.16 bits per heavy atom. The normalized spacial score (nSPS) is 10.2. The first-order valence-corrected chi connectivity index (χ1v) is 6.29. The van der Waals surface area contributed by atoms with Gasteiger partial charge in [-0.3, -0.25) is 4.79 Å². The van der Waals surface area contributed by atoms with E-state index in [-0.39, 0.29) is 5.91 Å². The standard InChI is InChI=1S/C16H18N2O/c1-18(16(19)15-5-3-2-4-6-15)12-14-9-7-13(11-17)8-10-14/h2-10H,11-12,17H2,1H3. The van der Waals surface area contributed by atoms with E-state index in [1.807, 2.05) is 61.6 Å². The van der Waals surface area contributed by atoms with Crippen LogP contribution in [0.15, 0.2) is 54.6 Å². The van der Waals surface area contributed by atoms with E-state index in [1.165, 1.54) is 0 Å². The summed E-state index contributed by atoms with van der Waals surface area (Å²) in [5.74, 6) is 0.0310. The fraction of sp³-hybridized carbons (Fsp3) is 0.188. The van der Waals surface area contributed by atoms with Gasteiger partial charge in [-0.05, 0) is 23.3 Å². The van der Waals surface area contributed by atoms with Gasteiger partial charge in [0.05, 0.1) is 0 Å². The summed E-state index contributed by atoms with van der Waals surface area (Å²) >= 11 is 0. The number of nitrogens with zero attached hydrogens (tertiary/aromatic N) is 1. The van der Waals surface area contributed by atoms with Gasteiger partial charge in [0.2, 0.25) is 0 Å². The van der Waals surface area contributed by atoms with Crippen LogP contribution in [-0.2, 0) is 13.1 Å². The molecule has 3 nitrogen and oxygen atoms in total. The zero-order valence-corrected chi connectivity index (χ0v) is 11.0. The summed E-state index contributed by atoms with van der Waals surface area (Å²) in [6, 6.07) is 17.3. The Labute approximate surface area is 113 Å². The number of carbonyl (C=O) groups excluding carboxylic acids is 1. The maximum absolute atomic E-state index is 12.2. The van der Waals surface area contributed by atoms with Crippen molar-refractivity contribution in [3.63, 3.8) is 0 Å². The molecule has 2 aromatic carbocycles. The first-order chi connectivity index (χ1) is 9.20. The van der Waals surface area contributed by atoms with Gasteiger partial charge in [-0.25, -0.2) is 0 Å². The van der Waals surface area contributed by atoms with Crippen molar-refractivity contribution in [2.75, 3.05) is 7.05 Å². The summed E-state index contributed by atoms with van der Waals surface area (Å²) in [4.78, 5) is 13.9. The second-order valence-corrected chi connectivity index (χ2v) is 4.55. The summed E-state index contributed by atoms with van der Waals surface area (Å²) in [6.07, 6.45) is 0. The van der Waals surface area contributed by atoms with Crippen molar-refractivity contribution in [3.8, 4) is 0 Å². The third kappa shape index (κ3) is 3.42. The molecular weight excluding hydrogens is 236 g/mol. The summed E-state index contributed by atoms with van der Waals surface area (Å²) in [7, 11) is 1.81. The average Bonchev–Trinajstić information content (AvgIpc) is 2.48. The molecule has 0 heterocycles. The lowest BCUT2D eigenvalue weighted by Crippen LogP contribution is -2.26. The predicted octanol–water partition coefficient (Wildman–Crippen LogP) is 2.42. The van der Waals surface area contributed by atoms with Crippen LogP contribution in [0.2, 0.25) is 0 Å². The number of benzene rings is 2. The molecule has 0 fully saturated rings. The van der Waals surface area contributed by atoms with Gasteiger partial charge in [-0.15, -0.1) is 0 Å². The highest BCUT2D eigenvalue weighted by atomic mass is 16.2. The molecular formula is C16H18N2O. The molecule has 0 aliphatic heterocycles. The molecule has 2 N–H and O–H groups in total. The number of hydrogen-bond donors (Lipinski definition) is 1. The monoisotopic (exact) mass is 254 g/mol. The smallest absolute Gasteiger partial charge is 0.253 e. The summed E-state index contributed by atoms with van der Waals surface area (Å²) < 4.78 is 0. The maximum atomic E-state index is 12.2. The van der Waals surface area contributed by atoms with Crippen LogP contribution in [0.4, 0.5) is 0 Å². The summed E-state index contributed by atoms with van der Waals surface area (Å²) in [6.45, 7) is 1.14. The Morgan fingerprint density at radius 1 is 1.00 bits per heavy atom. The molecule has 0 saturated heterocycles. The van der Waals surface area contributed by atoms with Crippen molar-refractivity contribution >= 4 is 5.91 Å². The van der Waals surface area contributed by atoms with Crippen molar-refractivity contribution in [1.29, 1.82) is 0 Å². The van der Waals surface area contributed by atoms with Crippen LogP contribution in [0.25, 0.3) is 0 Å². The zero-order chi connectivity index (χ0) is 13.7. The minimum atomic E-state index is 0.0310. The van der Waals surface area contributed by atoms with E-state index in [9.17, 15) is 4.79 Å². The molecule has 3 heteroatoms. The summed E-state index contributed by atoms with van der Waals surface area (Å²) in [5.41, 5.74) is 8.47. The van der Waals surface area contributed by atoms with Gasteiger partial charge in [0.25, 0.3) is 5.91 Å². The Morgan fingerprint density at radius 2 is 1.58 bits per heavy atom. The highest BCUT2D eigenvalue weighted by Crippen LogP contribution is 2.09. The zero-order valence-electron chi connectivity index (χ0n) is 11.0. The highest BCUT2D eigenvalue weighted by Gasteiger charge is 2.11. The lowest BCUT2D eigenvalue weighted by Gasteiger charge is -2.17. The van der Waals surface area contributed by atoms with Crippen molar-refractivity contribution in [2.45, 2.75) is 13.1 Å². The van der Waals surface area contributed by atoms with Crippen LogP contribution in [-0.4, -0.2) is 17.9 Å². The van der Waals surface area contributed by atoms with Gasteiger partial charge < -0.3 is 10.6 Å². The molecule has 0 aliphatic carbocycles. The second kappa shape index (κ2) is 6.16. The Balaban J connectivity index is 2.04. The van der Waals surface area contributed by atoms with Crippen LogP contribution >= 0.6 is 0 Å². The molecule has 2 rings (SSSR count). The van der Waals surface area contributed by atoms with E-state index in [4.69, 9.17) is 5.73 Å². The number of hydrogen-bond acceptors (Lipinski definition) is 2. The van der Waals surface area contributed by atoms with Gasteiger partial charge in [-0.1, -0.05) is 42.5 Å². The highest BCUT2D eigenvalue weighted by molar-refractivity contribution is 5.93. The molecule has 0 aromatic heterocycles. The van der Waals surface area contributed by atoms with E-state index < -0.39 is 0 Å². The molecule has 98 valence electrons. The SMILES string of the molecule is CN(Cc1ccc(CN)cc1)C(=O)c1ccccc1. The first-order valence-electron chi connectivity index (χ1n) is 6.29. The minimum absolute atomic E-state index is 0.0310. The molecule has 0 bridgehead atoms. The quantitative estimate of drug-likeness (QED) is 0.910. The molecule has 0 saturated carbocycles. The van der Waals surface area contributed by atoms with E-state index in [1.54, 1.807) is 4.90 Å². The molecule has 2 aromatic rings. The average molecular weight is 254 g/mol. The molecule has 0 spiro atoms. The fourth-order valence-electron chi connectivity index (χ4n) is 1.93. The van der Waals surface area contributed by atoms with Gasteiger partial charge >= 0.3 is 0 Å². The maximum Gasteiger partial charge on any atom is 0.253 e. The molecule has 19 heavy (non-hydrogen) atoms. The van der Waals surface area contributed by atoms with Crippen molar-refractivity contribution < 1.29 is 4.79 Å². The van der Waals surface area contributed by atoms with E-state index in [2.05, 4.69) is 0 Å². The third-order valence-electron chi connectivity index (χ3n) is 3.05. The topological polar surface area (TPSA) is 46.3 Å². The van der Waals surface area contributed by atoms with E-state index in [0.29, 0.717) is 18.7 Å². The minimum Gasteiger partial charge on any atom is -0.337 e. The van der Waals surface area contributed by atoms with Gasteiger partial charge in [0.15, 0.2) is 0 Å². The third-order valence-corrected chi connectivity index (χ3v) is 3.05. The number of amides is 1. The second-order valence-electron chi connectivity index (χ2n) is 4.55. The first kappa shape index (κ1) is 13.3.